The van der Waals surface area contributed by atoms with Crippen molar-refractivity contribution in [1.29, 1.82) is 0 Å². The molecule has 0 unspecified atom stereocenters. The largest absolute Gasteiger partial charge is 0.368 e. The van der Waals surface area contributed by atoms with Crippen LogP contribution in [-0.2, 0) is 10.0 Å². The molecule has 0 radical (unpaired) electrons. The molecule has 3 aromatic rings. The fourth-order valence-electron chi connectivity index (χ4n) is 2.86. The van der Waals surface area contributed by atoms with Crippen molar-refractivity contribution in [1.82, 2.24) is 20.3 Å². The monoisotopic (exact) mass is 504 g/mol. The quantitative estimate of drug-likeness (QED) is 0.366. The van der Waals surface area contributed by atoms with Crippen LogP contribution in [0.2, 0.25) is 10.2 Å². The van der Waals surface area contributed by atoms with Crippen molar-refractivity contribution in [2.75, 3.05) is 23.8 Å². The van der Waals surface area contributed by atoms with Crippen LogP contribution < -0.4 is 15.8 Å². The molecular formula is C21H18Cl2N6O3S. The third-order valence-corrected chi connectivity index (χ3v) is 5.49. The van der Waals surface area contributed by atoms with Gasteiger partial charge in [-0.25, -0.2) is 23.4 Å². The minimum atomic E-state index is -3.55. The average molecular weight is 505 g/mol. The molecule has 4 N–H and O–H groups in total. The molecule has 0 aliphatic rings. The number of sulfonamides is 1. The van der Waals surface area contributed by atoms with Gasteiger partial charge in [0.15, 0.2) is 5.15 Å². The van der Waals surface area contributed by atoms with Crippen molar-refractivity contribution in [2.45, 2.75) is 6.92 Å². The molecule has 0 fully saturated rings. The first-order valence-electron chi connectivity index (χ1n) is 9.30. The first-order valence-corrected chi connectivity index (χ1v) is 11.9. The summed E-state index contributed by atoms with van der Waals surface area (Å²) in [4.78, 5) is 24.4. The van der Waals surface area contributed by atoms with Gasteiger partial charge >= 0.3 is 0 Å². The first kappa shape index (κ1) is 24.3. The molecule has 2 heterocycles. The van der Waals surface area contributed by atoms with E-state index in [1.54, 1.807) is 25.1 Å². The van der Waals surface area contributed by atoms with Crippen LogP contribution in [0.15, 0.2) is 30.5 Å². The number of rotatable bonds is 4. The molecule has 2 aromatic heterocycles. The molecule has 33 heavy (non-hydrogen) atoms. The van der Waals surface area contributed by atoms with Crippen LogP contribution in [0.5, 0.6) is 0 Å². The smallest absolute Gasteiger partial charge is 0.252 e. The summed E-state index contributed by atoms with van der Waals surface area (Å²) in [6.07, 6.45) is 2.41. The lowest BCUT2D eigenvalue weighted by Crippen LogP contribution is -2.18. The number of nitrogens with one attached hydrogen (secondary N) is 2. The van der Waals surface area contributed by atoms with E-state index in [-0.39, 0.29) is 27.7 Å². The Bertz CT molecular complexity index is 1430. The lowest BCUT2D eigenvalue weighted by Gasteiger charge is -2.10. The fourth-order valence-corrected chi connectivity index (χ4v) is 3.88. The van der Waals surface area contributed by atoms with E-state index in [2.05, 4.69) is 36.8 Å². The van der Waals surface area contributed by atoms with Crippen molar-refractivity contribution < 1.29 is 13.2 Å². The van der Waals surface area contributed by atoms with Gasteiger partial charge in [-0.15, -0.1) is 0 Å². The number of anilines is 2. The van der Waals surface area contributed by atoms with E-state index >= 15 is 0 Å². The van der Waals surface area contributed by atoms with Gasteiger partial charge < -0.3 is 11.1 Å². The van der Waals surface area contributed by atoms with E-state index in [0.29, 0.717) is 33.6 Å². The molecule has 3 rings (SSSR count). The summed E-state index contributed by atoms with van der Waals surface area (Å²) in [5, 5.41) is 2.75. The number of halogens is 2. The van der Waals surface area contributed by atoms with Gasteiger partial charge in [-0.05, 0) is 25.1 Å². The molecule has 0 saturated carbocycles. The third kappa shape index (κ3) is 5.90. The van der Waals surface area contributed by atoms with Crippen molar-refractivity contribution in [3.8, 4) is 23.1 Å². The Kier molecular flexibility index (Phi) is 7.07. The topological polar surface area (TPSA) is 140 Å². The number of nitrogens with zero attached hydrogens (tertiary/aromatic N) is 3. The maximum Gasteiger partial charge on any atom is 0.252 e. The number of hydrogen-bond acceptors (Lipinski definition) is 7. The second kappa shape index (κ2) is 9.62. The predicted octanol–water partition coefficient (Wildman–Crippen LogP) is 2.87. The number of carbonyl (C=O) groups excluding carboxylic acids is 1. The van der Waals surface area contributed by atoms with Gasteiger partial charge in [0.05, 0.1) is 39.5 Å². The SMILES string of the molecule is CNC(=O)c1ccc(-c2nc(N)nc(C)c2C#Cc2cnc(Cl)c(NS(C)(=O)=O)c2)cc1Cl. The number of hydrogen-bond donors (Lipinski definition) is 3. The zero-order chi connectivity index (χ0) is 24.3. The number of nitrogen functional groups attached to an aromatic ring is 1. The zero-order valence-corrected chi connectivity index (χ0v) is 20.0. The molecule has 0 aliphatic heterocycles. The number of aromatic nitrogens is 3. The Morgan fingerprint density at radius 2 is 1.88 bits per heavy atom. The van der Waals surface area contributed by atoms with Crippen molar-refractivity contribution >= 4 is 50.8 Å². The van der Waals surface area contributed by atoms with Gasteiger partial charge in [0.25, 0.3) is 5.91 Å². The molecule has 9 nitrogen and oxygen atoms in total. The number of aryl methyl sites for hydroxylation is 1. The lowest BCUT2D eigenvalue weighted by molar-refractivity contribution is 0.0963. The summed E-state index contributed by atoms with van der Waals surface area (Å²) in [5.41, 5.74) is 8.67. The van der Waals surface area contributed by atoms with Crippen LogP contribution in [-0.4, -0.2) is 42.6 Å². The van der Waals surface area contributed by atoms with Crippen molar-refractivity contribution in [2.24, 2.45) is 0 Å². The number of carbonyl (C=O) groups is 1. The molecule has 1 aromatic carbocycles. The van der Waals surface area contributed by atoms with Crippen LogP contribution >= 0.6 is 23.2 Å². The number of pyridine rings is 1. The second-order valence-corrected chi connectivity index (χ2v) is 9.36. The van der Waals surface area contributed by atoms with Gasteiger partial charge in [-0.3, -0.25) is 9.52 Å². The summed E-state index contributed by atoms with van der Waals surface area (Å²) in [5.74, 6) is 5.63. The Labute approximate surface area is 200 Å². The van der Waals surface area contributed by atoms with E-state index in [1.165, 1.54) is 19.3 Å². The summed E-state index contributed by atoms with van der Waals surface area (Å²) in [7, 11) is -2.04. The summed E-state index contributed by atoms with van der Waals surface area (Å²) in [6, 6.07) is 6.32. The zero-order valence-electron chi connectivity index (χ0n) is 17.7. The van der Waals surface area contributed by atoms with E-state index in [4.69, 9.17) is 28.9 Å². The Hall–Kier alpha value is -3.39. The van der Waals surface area contributed by atoms with Gasteiger partial charge in [0, 0.05) is 24.4 Å². The molecule has 12 heteroatoms. The van der Waals surface area contributed by atoms with Crippen molar-refractivity contribution in [3.05, 3.63) is 63.0 Å². The highest BCUT2D eigenvalue weighted by molar-refractivity contribution is 7.92. The van der Waals surface area contributed by atoms with Crippen molar-refractivity contribution in [3.63, 3.8) is 0 Å². The molecule has 0 saturated heterocycles. The van der Waals surface area contributed by atoms with Gasteiger partial charge in [0.1, 0.15) is 0 Å². The van der Waals surface area contributed by atoms with Crippen LogP contribution in [0.4, 0.5) is 11.6 Å². The standard InChI is InChI=1S/C21H18Cl2N6O3S/c1-11-14(6-4-12-8-17(19(23)26-10-12)29-33(3,31)32)18(28-21(24)27-11)13-5-7-15(16(22)9-13)20(30)25-2/h5,7-10,29H,1-3H3,(H,25,30)(H2,24,27,28). The lowest BCUT2D eigenvalue weighted by atomic mass is 10.0. The Morgan fingerprint density at radius 1 is 1.15 bits per heavy atom. The van der Waals surface area contributed by atoms with Gasteiger partial charge in [-0.1, -0.05) is 41.1 Å². The maximum absolute atomic E-state index is 11.9. The molecule has 0 bridgehead atoms. The summed E-state index contributed by atoms with van der Waals surface area (Å²) < 4.78 is 25.4. The molecule has 0 aliphatic carbocycles. The van der Waals surface area contributed by atoms with E-state index in [1.807, 2.05) is 0 Å². The molecule has 0 atom stereocenters. The minimum Gasteiger partial charge on any atom is -0.368 e. The fraction of sp³-hybridized carbons (Fsp3) is 0.143. The summed E-state index contributed by atoms with van der Waals surface area (Å²) >= 11 is 12.3. The van der Waals surface area contributed by atoms with Crippen LogP contribution in [0.3, 0.4) is 0 Å². The second-order valence-electron chi connectivity index (χ2n) is 6.85. The van der Waals surface area contributed by atoms with Gasteiger partial charge in [0.2, 0.25) is 16.0 Å². The molecule has 170 valence electrons. The predicted molar refractivity (Wildman–Crippen MR) is 129 cm³/mol. The molecule has 1 amide bonds. The van der Waals surface area contributed by atoms with Gasteiger partial charge in [-0.2, -0.15) is 0 Å². The highest BCUT2D eigenvalue weighted by Crippen LogP contribution is 2.28. The maximum atomic E-state index is 11.9. The normalized spacial score (nSPS) is 10.8. The third-order valence-electron chi connectivity index (χ3n) is 4.29. The molecular weight excluding hydrogens is 487 g/mol. The van der Waals surface area contributed by atoms with E-state index in [0.717, 1.165) is 6.26 Å². The van der Waals surface area contributed by atoms with Crippen LogP contribution in [0.1, 0.15) is 27.2 Å². The average Bonchev–Trinajstić information content (AvgIpc) is 2.73. The minimum absolute atomic E-state index is 0.00971. The highest BCUT2D eigenvalue weighted by atomic mass is 35.5. The first-order chi connectivity index (χ1) is 15.5. The van der Waals surface area contributed by atoms with Crippen LogP contribution in [0.25, 0.3) is 11.3 Å². The Balaban J connectivity index is 2.09. The van der Waals surface area contributed by atoms with Crippen LogP contribution in [0, 0.1) is 18.8 Å². The number of amides is 1. The molecule has 0 spiro atoms. The van der Waals surface area contributed by atoms with E-state index in [9.17, 15) is 13.2 Å². The number of benzene rings is 1. The highest BCUT2D eigenvalue weighted by Gasteiger charge is 2.15. The number of nitrogens with two attached hydrogens (primary N) is 1. The Morgan fingerprint density at radius 3 is 2.52 bits per heavy atom. The van der Waals surface area contributed by atoms with E-state index < -0.39 is 10.0 Å². The summed E-state index contributed by atoms with van der Waals surface area (Å²) in [6.45, 7) is 1.73.